The highest BCUT2D eigenvalue weighted by Crippen LogP contribution is 2.32. The van der Waals surface area contributed by atoms with Gasteiger partial charge in [0, 0.05) is 19.6 Å². The van der Waals surface area contributed by atoms with Crippen LogP contribution < -0.4 is 5.32 Å². The van der Waals surface area contributed by atoms with Crippen molar-refractivity contribution in [3.8, 4) is 0 Å². The van der Waals surface area contributed by atoms with E-state index in [1.165, 1.54) is 45.3 Å². The van der Waals surface area contributed by atoms with Crippen LogP contribution in [0.1, 0.15) is 46.5 Å². The summed E-state index contributed by atoms with van der Waals surface area (Å²) in [4.78, 5) is 2.67. The van der Waals surface area contributed by atoms with E-state index >= 15 is 0 Å². The van der Waals surface area contributed by atoms with E-state index in [-0.39, 0.29) is 0 Å². The molecule has 1 fully saturated rings. The average Bonchev–Trinajstić information content (AvgIpc) is 3.11. The van der Waals surface area contributed by atoms with Gasteiger partial charge in [-0.3, -0.25) is 0 Å². The Bertz CT molecular complexity index is 183. The van der Waals surface area contributed by atoms with Crippen molar-refractivity contribution < 1.29 is 0 Å². The second kappa shape index (κ2) is 6.61. The summed E-state index contributed by atoms with van der Waals surface area (Å²) < 4.78 is 0. The molecule has 1 N–H and O–H groups in total. The van der Waals surface area contributed by atoms with Crippen molar-refractivity contribution in [2.24, 2.45) is 11.3 Å². The smallest absolute Gasteiger partial charge is 0.00499 e. The summed E-state index contributed by atoms with van der Waals surface area (Å²) in [6, 6.07) is 0. The van der Waals surface area contributed by atoms with E-state index in [0.717, 1.165) is 12.5 Å². The van der Waals surface area contributed by atoms with Crippen LogP contribution in [0.3, 0.4) is 0 Å². The van der Waals surface area contributed by atoms with Crippen LogP contribution in [-0.4, -0.2) is 38.1 Å². The second-order valence-electron chi connectivity index (χ2n) is 5.51. The molecule has 16 heavy (non-hydrogen) atoms. The van der Waals surface area contributed by atoms with Gasteiger partial charge in [-0.15, -0.1) is 0 Å². The number of nitrogens with zero attached hydrogens (tertiary/aromatic N) is 1. The minimum absolute atomic E-state index is 0.486. The molecule has 96 valence electrons. The van der Waals surface area contributed by atoms with Crippen molar-refractivity contribution in [2.75, 3.05) is 33.2 Å². The number of rotatable bonds is 9. The third-order valence-corrected chi connectivity index (χ3v) is 4.27. The zero-order chi connectivity index (χ0) is 12.0. The van der Waals surface area contributed by atoms with Crippen LogP contribution in [0.15, 0.2) is 0 Å². The molecule has 1 saturated carbocycles. The van der Waals surface area contributed by atoms with E-state index in [1.54, 1.807) is 0 Å². The van der Waals surface area contributed by atoms with Crippen LogP contribution in [0.4, 0.5) is 0 Å². The van der Waals surface area contributed by atoms with Crippen LogP contribution in [-0.2, 0) is 0 Å². The summed E-state index contributed by atoms with van der Waals surface area (Å²) in [5, 5.41) is 3.38. The van der Waals surface area contributed by atoms with Crippen molar-refractivity contribution in [1.29, 1.82) is 0 Å². The molecule has 0 heterocycles. The van der Waals surface area contributed by atoms with Crippen molar-refractivity contribution in [3.63, 3.8) is 0 Å². The lowest BCUT2D eigenvalue weighted by Gasteiger charge is -2.37. The lowest BCUT2D eigenvalue weighted by Crippen LogP contribution is -2.43. The molecule has 1 rings (SSSR count). The minimum atomic E-state index is 0.486. The van der Waals surface area contributed by atoms with Crippen molar-refractivity contribution in [1.82, 2.24) is 10.2 Å². The van der Waals surface area contributed by atoms with Gasteiger partial charge in [0.1, 0.15) is 0 Å². The molecule has 0 radical (unpaired) electrons. The Labute approximate surface area is 102 Å². The number of hydrogen-bond acceptors (Lipinski definition) is 2. The van der Waals surface area contributed by atoms with Crippen molar-refractivity contribution in [2.45, 2.75) is 46.5 Å². The molecule has 2 heteroatoms. The Balaban J connectivity index is 2.48. The number of hydrogen-bond donors (Lipinski definition) is 1. The molecule has 0 amide bonds. The molecule has 0 aromatic heterocycles. The summed E-state index contributed by atoms with van der Waals surface area (Å²) in [7, 11) is 2.08. The SMILES string of the molecule is CCN(CC1CC1)CC(CC)(CC)CNC. The van der Waals surface area contributed by atoms with E-state index < -0.39 is 0 Å². The van der Waals surface area contributed by atoms with E-state index in [0.29, 0.717) is 5.41 Å². The molecule has 1 aliphatic rings. The van der Waals surface area contributed by atoms with E-state index in [2.05, 4.69) is 38.0 Å². The standard InChI is InChI=1S/C14H30N2/c1-5-14(6-2,11-15-4)12-16(7-3)10-13-8-9-13/h13,15H,5-12H2,1-4H3. The quantitative estimate of drug-likeness (QED) is 0.650. The molecule has 0 saturated heterocycles. The Morgan fingerprint density at radius 2 is 1.81 bits per heavy atom. The van der Waals surface area contributed by atoms with Gasteiger partial charge in [-0.2, -0.15) is 0 Å². The highest BCUT2D eigenvalue weighted by Gasteiger charge is 2.30. The van der Waals surface area contributed by atoms with Crippen LogP contribution in [0.2, 0.25) is 0 Å². The maximum atomic E-state index is 3.38. The summed E-state index contributed by atoms with van der Waals surface area (Å²) in [6.45, 7) is 12.0. The fourth-order valence-electron chi connectivity index (χ4n) is 2.60. The molecule has 0 unspecified atom stereocenters. The maximum absolute atomic E-state index is 3.38. The molecule has 0 atom stereocenters. The Morgan fingerprint density at radius 1 is 1.19 bits per heavy atom. The zero-order valence-electron chi connectivity index (χ0n) is 11.7. The second-order valence-corrected chi connectivity index (χ2v) is 5.51. The van der Waals surface area contributed by atoms with Gasteiger partial charge in [0.05, 0.1) is 0 Å². The topological polar surface area (TPSA) is 15.3 Å². The van der Waals surface area contributed by atoms with Gasteiger partial charge in [-0.1, -0.05) is 20.8 Å². The van der Waals surface area contributed by atoms with Gasteiger partial charge >= 0.3 is 0 Å². The van der Waals surface area contributed by atoms with Gasteiger partial charge in [-0.05, 0) is 50.6 Å². The van der Waals surface area contributed by atoms with Gasteiger partial charge < -0.3 is 10.2 Å². The molecule has 0 aromatic carbocycles. The van der Waals surface area contributed by atoms with Gasteiger partial charge in [0.15, 0.2) is 0 Å². The van der Waals surface area contributed by atoms with Crippen LogP contribution in [0.25, 0.3) is 0 Å². The molecule has 0 aromatic rings. The predicted octanol–water partition coefficient (Wildman–Crippen LogP) is 2.74. The molecule has 0 bridgehead atoms. The molecule has 0 aliphatic heterocycles. The first-order valence-electron chi connectivity index (χ1n) is 7.06. The lowest BCUT2D eigenvalue weighted by atomic mass is 9.81. The largest absolute Gasteiger partial charge is 0.319 e. The fraction of sp³-hybridized carbons (Fsp3) is 1.00. The van der Waals surface area contributed by atoms with E-state index in [9.17, 15) is 0 Å². The Kier molecular flexibility index (Phi) is 5.77. The highest BCUT2D eigenvalue weighted by molar-refractivity contribution is 4.85. The summed E-state index contributed by atoms with van der Waals surface area (Å²) in [5.41, 5.74) is 0.486. The predicted molar refractivity (Wildman–Crippen MR) is 71.8 cm³/mol. The van der Waals surface area contributed by atoms with Gasteiger partial charge in [0.25, 0.3) is 0 Å². The summed E-state index contributed by atoms with van der Waals surface area (Å²) in [6.07, 6.45) is 5.50. The molecule has 2 nitrogen and oxygen atoms in total. The van der Waals surface area contributed by atoms with Crippen molar-refractivity contribution >= 4 is 0 Å². The summed E-state index contributed by atoms with van der Waals surface area (Å²) in [5.74, 6) is 1.01. The van der Waals surface area contributed by atoms with Crippen LogP contribution in [0, 0.1) is 11.3 Å². The van der Waals surface area contributed by atoms with Gasteiger partial charge in [0.2, 0.25) is 0 Å². The molecule has 0 spiro atoms. The molecular weight excluding hydrogens is 196 g/mol. The lowest BCUT2D eigenvalue weighted by molar-refractivity contribution is 0.137. The minimum Gasteiger partial charge on any atom is -0.319 e. The third kappa shape index (κ3) is 4.06. The maximum Gasteiger partial charge on any atom is 0.00499 e. The van der Waals surface area contributed by atoms with Crippen molar-refractivity contribution in [3.05, 3.63) is 0 Å². The van der Waals surface area contributed by atoms with Crippen LogP contribution in [0.5, 0.6) is 0 Å². The monoisotopic (exact) mass is 226 g/mol. The van der Waals surface area contributed by atoms with E-state index in [1.807, 2.05) is 0 Å². The molecule has 1 aliphatic carbocycles. The van der Waals surface area contributed by atoms with Gasteiger partial charge in [-0.25, -0.2) is 0 Å². The number of nitrogens with one attached hydrogen (secondary N) is 1. The summed E-state index contributed by atoms with van der Waals surface area (Å²) >= 11 is 0. The zero-order valence-corrected chi connectivity index (χ0v) is 11.7. The molecular formula is C14H30N2. The Morgan fingerprint density at radius 3 is 2.19 bits per heavy atom. The van der Waals surface area contributed by atoms with E-state index in [4.69, 9.17) is 0 Å². The normalized spacial score (nSPS) is 17.1. The van der Waals surface area contributed by atoms with Crippen LogP contribution >= 0.6 is 0 Å². The first-order valence-corrected chi connectivity index (χ1v) is 7.06. The average molecular weight is 226 g/mol. The first kappa shape index (κ1) is 14.0. The third-order valence-electron chi connectivity index (χ3n) is 4.27. The first-order chi connectivity index (χ1) is 7.69. The highest BCUT2D eigenvalue weighted by atomic mass is 15.1. The fourth-order valence-corrected chi connectivity index (χ4v) is 2.60. The Hall–Kier alpha value is -0.0800.